The van der Waals surface area contributed by atoms with E-state index < -0.39 is 17.8 Å². The first kappa shape index (κ1) is 17.2. The molecule has 122 valence electrons. The molecule has 7 heteroatoms. The molecular weight excluding hydrogens is 325 g/mol. The number of urea groups is 1. The van der Waals surface area contributed by atoms with Crippen molar-refractivity contribution in [1.82, 2.24) is 5.32 Å². The van der Waals surface area contributed by atoms with Crippen LogP contribution in [0.2, 0.25) is 0 Å². The van der Waals surface area contributed by atoms with Crippen LogP contribution in [0.4, 0.5) is 23.7 Å². The van der Waals surface area contributed by atoms with Gasteiger partial charge >= 0.3 is 12.2 Å². The number of carbonyl (C=O) groups is 1. The number of nitrogens with zero attached hydrogens (tertiary/aromatic N) is 1. The number of thiol groups is 1. The summed E-state index contributed by atoms with van der Waals surface area (Å²) in [6, 6.07) is 13.4. The fourth-order valence-electron chi connectivity index (χ4n) is 1.94. The molecule has 0 aliphatic carbocycles. The molecule has 0 saturated heterocycles. The monoisotopic (exact) mass is 340 g/mol. The summed E-state index contributed by atoms with van der Waals surface area (Å²) >= 11 is 4.12. The molecule has 0 aliphatic rings. The number of para-hydroxylation sites is 1. The Bertz CT molecular complexity index is 645. The summed E-state index contributed by atoms with van der Waals surface area (Å²) in [5.41, 5.74) is 0.655. The minimum absolute atomic E-state index is 0.300. The second kappa shape index (κ2) is 7.41. The molecule has 2 aromatic rings. The van der Waals surface area contributed by atoms with Gasteiger partial charge in [0.05, 0.1) is 11.3 Å². The van der Waals surface area contributed by atoms with E-state index in [1.165, 1.54) is 16.4 Å². The standard InChI is InChI=1S/C16H15F3N2OS/c17-16(18,19)13-8-6-12(7-9-13)10-11-20-15(22)21(23)14-4-2-1-3-5-14/h1-9,23H,10-11H2,(H,20,22). The summed E-state index contributed by atoms with van der Waals surface area (Å²) in [7, 11) is 0. The highest BCUT2D eigenvalue weighted by molar-refractivity contribution is 7.82. The number of hydrogen-bond acceptors (Lipinski definition) is 2. The first-order valence-electron chi connectivity index (χ1n) is 6.86. The third kappa shape index (κ3) is 4.92. The molecule has 0 aromatic heterocycles. The normalized spacial score (nSPS) is 11.1. The number of nitrogens with one attached hydrogen (secondary N) is 1. The smallest absolute Gasteiger partial charge is 0.337 e. The number of carbonyl (C=O) groups excluding carboxylic acids is 1. The van der Waals surface area contributed by atoms with Gasteiger partial charge in [-0.05, 0) is 36.2 Å². The van der Waals surface area contributed by atoms with E-state index in [1.807, 2.05) is 6.07 Å². The molecule has 0 saturated carbocycles. The molecule has 2 aromatic carbocycles. The van der Waals surface area contributed by atoms with Crippen molar-refractivity contribution in [2.75, 3.05) is 10.8 Å². The maximum Gasteiger partial charge on any atom is 0.416 e. The highest BCUT2D eigenvalue weighted by Gasteiger charge is 2.29. The maximum atomic E-state index is 12.5. The Morgan fingerprint density at radius 3 is 2.22 bits per heavy atom. The summed E-state index contributed by atoms with van der Waals surface area (Å²) in [6.07, 6.45) is -3.91. The van der Waals surface area contributed by atoms with Crippen molar-refractivity contribution in [2.45, 2.75) is 12.6 Å². The lowest BCUT2D eigenvalue weighted by atomic mass is 10.1. The van der Waals surface area contributed by atoms with Gasteiger partial charge in [-0.2, -0.15) is 13.2 Å². The van der Waals surface area contributed by atoms with Crippen molar-refractivity contribution in [1.29, 1.82) is 0 Å². The van der Waals surface area contributed by atoms with Gasteiger partial charge in [-0.1, -0.05) is 43.1 Å². The molecule has 0 aliphatic heterocycles. The number of halogens is 3. The molecule has 0 atom stereocenters. The first-order valence-corrected chi connectivity index (χ1v) is 7.26. The van der Waals surface area contributed by atoms with Gasteiger partial charge in [-0.15, -0.1) is 0 Å². The van der Waals surface area contributed by atoms with Gasteiger partial charge in [-0.25, -0.2) is 9.10 Å². The molecule has 0 unspecified atom stereocenters. The van der Waals surface area contributed by atoms with E-state index in [0.717, 1.165) is 12.1 Å². The summed E-state index contributed by atoms with van der Waals surface area (Å²) in [4.78, 5) is 11.9. The van der Waals surface area contributed by atoms with Crippen LogP contribution in [0, 0.1) is 0 Å². The van der Waals surface area contributed by atoms with Gasteiger partial charge in [0.15, 0.2) is 0 Å². The molecule has 2 amide bonds. The Morgan fingerprint density at radius 2 is 1.65 bits per heavy atom. The van der Waals surface area contributed by atoms with Crippen LogP contribution in [-0.2, 0) is 12.6 Å². The van der Waals surface area contributed by atoms with E-state index >= 15 is 0 Å². The number of anilines is 1. The topological polar surface area (TPSA) is 32.3 Å². The maximum absolute atomic E-state index is 12.5. The predicted molar refractivity (Wildman–Crippen MR) is 86.5 cm³/mol. The van der Waals surface area contributed by atoms with E-state index in [1.54, 1.807) is 24.3 Å². The zero-order valence-electron chi connectivity index (χ0n) is 12.0. The average Bonchev–Trinajstić information content (AvgIpc) is 2.54. The lowest BCUT2D eigenvalue weighted by Gasteiger charge is -2.16. The number of alkyl halides is 3. The lowest BCUT2D eigenvalue weighted by molar-refractivity contribution is -0.137. The number of amides is 2. The van der Waals surface area contributed by atoms with Crippen molar-refractivity contribution in [3.8, 4) is 0 Å². The second-order valence-corrected chi connectivity index (χ2v) is 5.22. The molecule has 0 fully saturated rings. The van der Waals surface area contributed by atoms with Gasteiger partial charge in [0.25, 0.3) is 0 Å². The van der Waals surface area contributed by atoms with Crippen LogP contribution in [0.15, 0.2) is 54.6 Å². The molecule has 2 rings (SSSR count). The van der Waals surface area contributed by atoms with E-state index in [9.17, 15) is 18.0 Å². The molecule has 23 heavy (non-hydrogen) atoms. The van der Waals surface area contributed by atoms with Crippen LogP contribution in [0.5, 0.6) is 0 Å². The molecule has 3 nitrogen and oxygen atoms in total. The van der Waals surface area contributed by atoms with Crippen LogP contribution in [0.3, 0.4) is 0 Å². The summed E-state index contributed by atoms with van der Waals surface area (Å²) in [5.74, 6) is 0. The van der Waals surface area contributed by atoms with Gasteiger partial charge in [-0.3, -0.25) is 0 Å². The van der Waals surface area contributed by atoms with Gasteiger partial charge < -0.3 is 5.32 Å². The summed E-state index contributed by atoms with van der Waals surface area (Å²) in [5, 5.41) is 2.66. The quantitative estimate of drug-likeness (QED) is 0.799. The van der Waals surface area contributed by atoms with Crippen molar-refractivity contribution >= 4 is 24.5 Å². The third-order valence-corrected chi connectivity index (χ3v) is 3.58. The highest BCUT2D eigenvalue weighted by Crippen LogP contribution is 2.29. The lowest BCUT2D eigenvalue weighted by Crippen LogP contribution is -2.35. The number of rotatable bonds is 4. The minimum Gasteiger partial charge on any atom is -0.337 e. The highest BCUT2D eigenvalue weighted by atomic mass is 32.1. The van der Waals surface area contributed by atoms with Crippen LogP contribution in [0.25, 0.3) is 0 Å². The Labute approximate surface area is 137 Å². The SMILES string of the molecule is O=C(NCCc1ccc(C(F)(F)F)cc1)N(S)c1ccccc1. The number of hydrogen-bond donors (Lipinski definition) is 2. The molecule has 0 heterocycles. The van der Waals surface area contributed by atoms with Crippen molar-refractivity contribution in [2.24, 2.45) is 0 Å². The van der Waals surface area contributed by atoms with Crippen molar-refractivity contribution in [3.63, 3.8) is 0 Å². The molecular formula is C16H15F3N2OS. The van der Waals surface area contributed by atoms with Crippen molar-refractivity contribution in [3.05, 3.63) is 65.7 Å². The van der Waals surface area contributed by atoms with Crippen LogP contribution >= 0.6 is 12.8 Å². The van der Waals surface area contributed by atoms with Crippen LogP contribution < -0.4 is 9.62 Å². The van der Waals surface area contributed by atoms with E-state index in [0.29, 0.717) is 24.2 Å². The summed E-state index contributed by atoms with van der Waals surface area (Å²) < 4.78 is 38.5. The van der Waals surface area contributed by atoms with E-state index in [-0.39, 0.29) is 0 Å². The largest absolute Gasteiger partial charge is 0.416 e. The first-order chi connectivity index (χ1) is 10.9. The average molecular weight is 340 g/mol. The summed E-state index contributed by atoms with van der Waals surface area (Å²) in [6.45, 7) is 0.300. The van der Waals surface area contributed by atoms with Gasteiger partial charge in [0.1, 0.15) is 0 Å². The molecule has 0 radical (unpaired) electrons. The van der Waals surface area contributed by atoms with Gasteiger partial charge in [0.2, 0.25) is 0 Å². The zero-order valence-corrected chi connectivity index (χ0v) is 12.9. The Balaban J connectivity index is 1.84. The predicted octanol–water partition coefficient (Wildman–Crippen LogP) is 4.31. The molecule has 0 spiro atoms. The van der Waals surface area contributed by atoms with Crippen LogP contribution in [-0.4, -0.2) is 12.6 Å². The molecule has 0 bridgehead atoms. The zero-order chi connectivity index (χ0) is 16.9. The fraction of sp³-hybridized carbons (Fsp3) is 0.188. The van der Waals surface area contributed by atoms with Crippen LogP contribution in [0.1, 0.15) is 11.1 Å². The Hall–Kier alpha value is -2.15. The molecule has 1 N–H and O–H groups in total. The minimum atomic E-state index is -4.34. The second-order valence-electron chi connectivity index (χ2n) is 4.82. The number of benzene rings is 2. The Kier molecular flexibility index (Phi) is 5.54. The fourth-order valence-corrected chi connectivity index (χ4v) is 2.14. The van der Waals surface area contributed by atoms with Crippen molar-refractivity contribution < 1.29 is 18.0 Å². The third-order valence-electron chi connectivity index (χ3n) is 3.16. The van der Waals surface area contributed by atoms with E-state index in [4.69, 9.17) is 0 Å². The Morgan fingerprint density at radius 1 is 1.04 bits per heavy atom. The van der Waals surface area contributed by atoms with Gasteiger partial charge in [0, 0.05) is 6.54 Å². The van der Waals surface area contributed by atoms with E-state index in [2.05, 4.69) is 18.1 Å².